The number of aryl methyl sites for hydroxylation is 1. The van der Waals surface area contributed by atoms with Gasteiger partial charge in [0, 0.05) is 41.1 Å². The van der Waals surface area contributed by atoms with E-state index in [1.54, 1.807) is 0 Å². The molecule has 3 aromatic rings. The summed E-state index contributed by atoms with van der Waals surface area (Å²) in [5.41, 5.74) is 5.58. The highest BCUT2D eigenvalue weighted by molar-refractivity contribution is 5.61. The molecular formula is C21H24N4. The van der Waals surface area contributed by atoms with Gasteiger partial charge in [-0.25, -0.2) is 4.68 Å². The number of hydrogen-bond acceptors (Lipinski definition) is 3. The Morgan fingerprint density at radius 1 is 1.04 bits per heavy atom. The maximum atomic E-state index is 4.65. The van der Waals surface area contributed by atoms with E-state index in [2.05, 4.69) is 46.4 Å². The molecule has 0 atom stereocenters. The van der Waals surface area contributed by atoms with E-state index in [9.17, 15) is 0 Å². The zero-order valence-corrected chi connectivity index (χ0v) is 14.7. The molecule has 0 radical (unpaired) electrons. The predicted molar refractivity (Wildman–Crippen MR) is 99.6 cm³/mol. The monoisotopic (exact) mass is 332 g/mol. The molecule has 1 aliphatic carbocycles. The van der Waals surface area contributed by atoms with E-state index in [1.807, 2.05) is 29.3 Å². The molecule has 0 aromatic carbocycles. The molecule has 0 amide bonds. The van der Waals surface area contributed by atoms with Gasteiger partial charge >= 0.3 is 0 Å². The fourth-order valence-corrected chi connectivity index (χ4v) is 3.32. The number of pyridine rings is 2. The molecular weight excluding hydrogens is 308 g/mol. The fourth-order valence-electron chi connectivity index (χ4n) is 3.32. The Morgan fingerprint density at radius 2 is 1.96 bits per heavy atom. The fraction of sp³-hybridized carbons (Fsp3) is 0.381. The lowest BCUT2D eigenvalue weighted by atomic mass is 9.82. The Balaban J connectivity index is 1.51. The highest BCUT2D eigenvalue weighted by Gasteiger charge is 2.18. The van der Waals surface area contributed by atoms with Gasteiger partial charge in [0.1, 0.15) is 0 Å². The Kier molecular flexibility index (Phi) is 4.59. The summed E-state index contributed by atoms with van der Waals surface area (Å²) >= 11 is 0. The Labute approximate surface area is 149 Å². The zero-order valence-electron chi connectivity index (χ0n) is 14.7. The second-order valence-electron chi connectivity index (χ2n) is 6.97. The van der Waals surface area contributed by atoms with Crippen LogP contribution in [0.4, 0.5) is 0 Å². The maximum absolute atomic E-state index is 4.65. The largest absolute Gasteiger partial charge is 0.261 e. The molecule has 0 bridgehead atoms. The van der Waals surface area contributed by atoms with Crippen LogP contribution in [0.3, 0.4) is 0 Å². The lowest BCUT2D eigenvalue weighted by molar-refractivity contribution is 0.312. The zero-order chi connectivity index (χ0) is 17.1. The number of nitrogens with zero attached hydrogens (tertiary/aromatic N) is 4. The van der Waals surface area contributed by atoms with E-state index in [4.69, 9.17) is 0 Å². The second-order valence-corrected chi connectivity index (χ2v) is 6.97. The van der Waals surface area contributed by atoms with Crippen LogP contribution in [0.15, 0.2) is 49.1 Å². The van der Waals surface area contributed by atoms with Crippen molar-refractivity contribution in [3.63, 3.8) is 0 Å². The molecule has 0 saturated heterocycles. The second kappa shape index (κ2) is 7.18. The highest BCUT2D eigenvalue weighted by Crippen LogP contribution is 2.29. The van der Waals surface area contributed by atoms with Crippen molar-refractivity contribution < 1.29 is 0 Å². The highest BCUT2D eigenvalue weighted by atomic mass is 15.3. The summed E-state index contributed by atoms with van der Waals surface area (Å²) in [6, 6.07) is 8.43. The molecule has 25 heavy (non-hydrogen) atoms. The first kappa shape index (κ1) is 16.0. The molecule has 0 unspecified atom stereocenters. The SMILES string of the molecule is CCCc1cc(-n2cc(-c3ccc(CC4CCC4)nc3)cn2)ccn1. The van der Waals surface area contributed by atoms with Crippen LogP contribution in [0.25, 0.3) is 16.8 Å². The van der Waals surface area contributed by atoms with Crippen LogP contribution in [0, 0.1) is 5.92 Å². The molecule has 128 valence electrons. The minimum absolute atomic E-state index is 0.852. The third-order valence-corrected chi connectivity index (χ3v) is 5.03. The lowest BCUT2D eigenvalue weighted by Gasteiger charge is -2.24. The summed E-state index contributed by atoms with van der Waals surface area (Å²) in [6.45, 7) is 2.17. The van der Waals surface area contributed by atoms with E-state index >= 15 is 0 Å². The maximum Gasteiger partial charge on any atom is 0.0679 e. The molecule has 4 nitrogen and oxygen atoms in total. The van der Waals surface area contributed by atoms with Crippen LogP contribution < -0.4 is 0 Å². The van der Waals surface area contributed by atoms with Crippen molar-refractivity contribution >= 4 is 0 Å². The van der Waals surface area contributed by atoms with Crippen molar-refractivity contribution in [3.05, 3.63) is 60.4 Å². The average Bonchev–Trinajstić information content (AvgIpc) is 3.09. The van der Waals surface area contributed by atoms with Gasteiger partial charge in [-0.3, -0.25) is 9.97 Å². The normalized spacial score (nSPS) is 14.4. The third kappa shape index (κ3) is 3.63. The lowest BCUT2D eigenvalue weighted by Crippen LogP contribution is -2.14. The first-order valence-electron chi connectivity index (χ1n) is 9.27. The molecule has 1 fully saturated rings. The van der Waals surface area contributed by atoms with Gasteiger partial charge in [0.2, 0.25) is 0 Å². The molecule has 0 aliphatic heterocycles. The van der Waals surface area contributed by atoms with Crippen molar-refractivity contribution in [1.29, 1.82) is 0 Å². The number of hydrogen-bond donors (Lipinski definition) is 0. The summed E-state index contributed by atoms with van der Waals surface area (Å²) in [5.74, 6) is 0.852. The van der Waals surface area contributed by atoms with Crippen molar-refractivity contribution in [1.82, 2.24) is 19.7 Å². The standard InChI is InChI=1S/C21H24N4/c1-2-4-19-12-21(9-10-22-19)25-15-18(14-24-25)17-7-8-20(23-13-17)11-16-5-3-6-16/h7-10,12-16H,2-6,11H2,1H3. The van der Waals surface area contributed by atoms with Gasteiger partial charge in [-0.05, 0) is 37.0 Å². The molecule has 0 N–H and O–H groups in total. The molecule has 1 aliphatic rings. The van der Waals surface area contributed by atoms with Crippen molar-refractivity contribution in [2.45, 2.75) is 45.4 Å². The van der Waals surface area contributed by atoms with Gasteiger partial charge in [0.15, 0.2) is 0 Å². The van der Waals surface area contributed by atoms with Gasteiger partial charge in [0.25, 0.3) is 0 Å². The van der Waals surface area contributed by atoms with Gasteiger partial charge in [0.05, 0.1) is 11.9 Å². The molecule has 1 saturated carbocycles. The summed E-state index contributed by atoms with van der Waals surface area (Å²) < 4.78 is 1.92. The van der Waals surface area contributed by atoms with Gasteiger partial charge in [-0.15, -0.1) is 0 Å². The van der Waals surface area contributed by atoms with Gasteiger partial charge < -0.3 is 0 Å². The van der Waals surface area contributed by atoms with Crippen molar-refractivity contribution in [3.8, 4) is 16.8 Å². The molecule has 0 spiro atoms. The van der Waals surface area contributed by atoms with E-state index in [1.165, 1.54) is 25.0 Å². The quantitative estimate of drug-likeness (QED) is 0.661. The first-order valence-corrected chi connectivity index (χ1v) is 9.27. The van der Waals surface area contributed by atoms with E-state index < -0.39 is 0 Å². The Morgan fingerprint density at radius 3 is 2.68 bits per heavy atom. The van der Waals surface area contributed by atoms with Crippen molar-refractivity contribution in [2.24, 2.45) is 5.92 Å². The van der Waals surface area contributed by atoms with Crippen LogP contribution in [-0.2, 0) is 12.8 Å². The first-order chi connectivity index (χ1) is 12.3. The van der Waals surface area contributed by atoms with Crippen LogP contribution in [0.5, 0.6) is 0 Å². The van der Waals surface area contributed by atoms with E-state index in [-0.39, 0.29) is 0 Å². The van der Waals surface area contributed by atoms with Gasteiger partial charge in [-0.2, -0.15) is 5.10 Å². The van der Waals surface area contributed by atoms with E-state index in [0.29, 0.717) is 0 Å². The van der Waals surface area contributed by atoms with Crippen LogP contribution in [0.1, 0.15) is 44.0 Å². The summed E-state index contributed by atoms with van der Waals surface area (Å²) in [5, 5.41) is 4.52. The summed E-state index contributed by atoms with van der Waals surface area (Å²) in [7, 11) is 0. The third-order valence-electron chi connectivity index (χ3n) is 5.03. The van der Waals surface area contributed by atoms with Crippen LogP contribution in [-0.4, -0.2) is 19.7 Å². The minimum Gasteiger partial charge on any atom is -0.261 e. The van der Waals surface area contributed by atoms with Gasteiger partial charge in [-0.1, -0.05) is 38.7 Å². The minimum atomic E-state index is 0.852. The molecule has 3 heterocycles. The van der Waals surface area contributed by atoms with Crippen molar-refractivity contribution in [2.75, 3.05) is 0 Å². The van der Waals surface area contributed by atoms with Crippen LogP contribution in [0.2, 0.25) is 0 Å². The summed E-state index contributed by atoms with van der Waals surface area (Å²) in [6.07, 6.45) is 15.1. The number of rotatable bonds is 6. The van der Waals surface area contributed by atoms with E-state index in [0.717, 1.165) is 47.7 Å². The Bertz CT molecular complexity index is 831. The average molecular weight is 332 g/mol. The molecule has 4 rings (SSSR count). The predicted octanol–water partition coefficient (Wildman–Crippen LogP) is 4.62. The molecule has 3 aromatic heterocycles. The summed E-state index contributed by atoms with van der Waals surface area (Å²) in [4.78, 5) is 9.06. The molecule has 4 heteroatoms. The topological polar surface area (TPSA) is 43.6 Å². The Hall–Kier alpha value is -2.49. The smallest absolute Gasteiger partial charge is 0.0679 e. The van der Waals surface area contributed by atoms with Crippen LogP contribution >= 0.6 is 0 Å². The number of aromatic nitrogens is 4.